The number of rotatable bonds is 3. The summed E-state index contributed by atoms with van der Waals surface area (Å²) < 4.78 is 5.61. The molecular weight excluding hydrogens is 212 g/mol. The van der Waals surface area contributed by atoms with Crippen LogP contribution in [0.25, 0.3) is 0 Å². The Morgan fingerprint density at radius 3 is 2.27 bits per heavy atom. The lowest BCUT2D eigenvalue weighted by atomic mass is 10.0. The van der Waals surface area contributed by atoms with Crippen molar-refractivity contribution in [2.75, 3.05) is 5.88 Å². The van der Waals surface area contributed by atoms with Gasteiger partial charge in [0, 0.05) is 18.2 Å². The van der Waals surface area contributed by atoms with E-state index >= 15 is 0 Å². The Bertz CT molecular complexity index is 356. The number of hydrogen-bond acceptors (Lipinski definition) is 3. The Hall–Kier alpha value is -0.570. The normalized spacial score (nSPS) is 23.0. The highest BCUT2D eigenvalue weighted by Gasteiger charge is 2.67. The Kier molecular flexibility index (Phi) is 2.34. The van der Waals surface area contributed by atoms with Crippen molar-refractivity contribution in [2.24, 2.45) is 10.8 Å². The fourth-order valence-electron chi connectivity index (χ4n) is 2.38. The second-order valence-corrected chi connectivity index (χ2v) is 5.73. The molecule has 0 spiro atoms. The van der Waals surface area contributed by atoms with Crippen LogP contribution in [0.5, 0.6) is 0 Å². The van der Waals surface area contributed by atoms with Crippen molar-refractivity contribution < 1.29 is 4.42 Å². The highest BCUT2D eigenvalue weighted by atomic mass is 35.5. The van der Waals surface area contributed by atoms with Gasteiger partial charge in [-0.1, -0.05) is 27.7 Å². The first-order valence-electron chi connectivity index (χ1n) is 5.29. The van der Waals surface area contributed by atoms with Gasteiger partial charge in [-0.05, 0) is 10.8 Å². The van der Waals surface area contributed by atoms with E-state index in [4.69, 9.17) is 16.0 Å². The van der Waals surface area contributed by atoms with Crippen LogP contribution < -0.4 is 0 Å². The van der Waals surface area contributed by atoms with E-state index in [1.165, 1.54) is 0 Å². The summed E-state index contributed by atoms with van der Waals surface area (Å²) in [5.41, 5.74) is 0.496. The molecule has 1 aromatic rings. The zero-order valence-corrected chi connectivity index (χ0v) is 10.4. The maximum Gasteiger partial charge on any atom is 0.220 e. The number of nitrogens with zero attached hydrogens (tertiary/aromatic N) is 2. The van der Waals surface area contributed by atoms with Crippen molar-refractivity contribution in [3.63, 3.8) is 0 Å². The largest absolute Gasteiger partial charge is 0.425 e. The summed E-state index contributed by atoms with van der Waals surface area (Å²) in [7, 11) is 0. The van der Waals surface area contributed by atoms with Crippen molar-refractivity contribution in [1.82, 2.24) is 10.2 Å². The van der Waals surface area contributed by atoms with Gasteiger partial charge in [0.1, 0.15) is 0 Å². The van der Waals surface area contributed by atoms with Crippen LogP contribution in [0, 0.1) is 10.8 Å². The molecule has 15 heavy (non-hydrogen) atoms. The maximum atomic E-state index is 5.62. The van der Waals surface area contributed by atoms with Crippen LogP contribution in [0.4, 0.5) is 0 Å². The minimum Gasteiger partial charge on any atom is -0.425 e. The van der Waals surface area contributed by atoms with Crippen LogP contribution in [0.2, 0.25) is 0 Å². The topological polar surface area (TPSA) is 38.9 Å². The van der Waals surface area contributed by atoms with Gasteiger partial charge in [-0.3, -0.25) is 0 Å². The number of aryl methyl sites for hydroxylation is 1. The minimum atomic E-state index is 0.248. The average molecular weight is 229 g/mol. The van der Waals surface area contributed by atoms with Crippen LogP contribution >= 0.6 is 11.6 Å². The van der Waals surface area contributed by atoms with Crippen LogP contribution in [0.15, 0.2) is 4.42 Å². The summed E-state index contributed by atoms with van der Waals surface area (Å²) in [5.74, 6) is 2.32. The summed E-state index contributed by atoms with van der Waals surface area (Å²) in [4.78, 5) is 0. The van der Waals surface area contributed by atoms with Gasteiger partial charge < -0.3 is 4.42 Å². The summed E-state index contributed by atoms with van der Waals surface area (Å²) >= 11 is 5.62. The molecule has 1 heterocycles. The molecule has 84 valence electrons. The van der Waals surface area contributed by atoms with Crippen molar-refractivity contribution in [1.29, 1.82) is 0 Å². The fourth-order valence-corrected chi connectivity index (χ4v) is 2.54. The molecule has 0 unspecified atom stereocenters. The second-order valence-electron chi connectivity index (χ2n) is 5.35. The van der Waals surface area contributed by atoms with Gasteiger partial charge >= 0.3 is 0 Å². The van der Waals surface area contributed by atoms with Crippen molar-refractivity contribution >= 4 is 11.6 Å². The minimum absolute atomic E-state index is 0.248. The molecule has 1 aliphatic rings. The molecular formula is C11H17ClN2O. The third-order valence-corrected chi connectivity index (χ3v) is 4.25. The lowest BCUT2D eigenvalue weighted by molar-refractivity contribution is 0.435. The van der Waals surface area contributed by atoms with E-state index in [0.29, 0.717) is 24.1 Å². The smallest absolute Gasteiger partial charge is 0.220 e. The predicted octanol–water partition coefficient (Wildman–Crippen LogP) is 3.00. The first-order chi connectivity index (χ1) is 6.91. The average Bonchev–Trinajstić information content (AvgIpc) is 2.51. The molecule has 0 aliphatic heterocycles. The van der Waals surface area contributed by atoms with Crippen LogP contribution in [0.1, 0.15) is 45.4 Å². The van der Waals surface area contributed by atoms with Crippen molar-refractivity contribution in [3.8, 4) is 0 Å². The molecule has 2 rings (SSSR count). The SMILES string of the molecule is CC1(C)C(c2nnc(CCCl)o2)C1(C)C. The third kappa shape index (κ3) is 1.48. The molecule has 0 bridgehead atoms. The first-order valence-corrected chi connectivity index (χ1v) is 5.83. The monoisotopic (exact) mass is 228 g/mol. The molecule has 1 aliphatic carbocycles. The second kappa shape index (κ2) is 3.21. The van der Waals surface area contributed by atoms with E-state index in [2.05, 4.69) is 37.9 Å². The standard InChI is InChI=1S/C11H17ClN2O/c1-10(2)8(11(10,3)4)9-14-13-7(15-9)5-6-12/h8H,5-6H2,1-4H3. The van der Waals surface area contributed by atoms with E-state index in [1.807, 2.05) is 0 Å². The molecule has 0 amide bonds. The number of halogens is 1. The Morgan fingerprint density at radius 1 is 1.20 bits per heavy atom. The number of aromatic nitrogens is 2. The third-order valence-electron chi connectivity index (χ3n) is 4.06. The van der Waals surface area contributed by atoms with Gasteiger partial charge in [0.25, 0.3) is 0 Å². The summed E-state index contributed by atoms with van der Waals surface area (Å²) in [5, 5.41) is 8.11. The molecule has 0 atom stereocenters. The van der Waals surface area contributed by atoms with Crippen molar-refractivity contribution in [3.05, 3.63) is 11.8 Å². The first kappa shape index (κ1) is 10.9. The summed E-state index contributed by atoms with van der Waals surface area (Å²) in [6.45, 7) is 8.96. The van der Waals surface area contributed by atoms with Gasteiger partial charge in [0.05, 0.1) is 0 Å². The van der Waals surface area contributed by atoms with E-state index < -0.39 is 0 Å². The molecule has 1 aromatic heterocycles. The lowest BCUT2D eigenvalue weighted by Crippen LogP contribution is -1.95. The van der Waals surface area contributed by atoms with Crippen LogP contribution in [0.3, 0.4) is 0 Å². The molecule has 1 saturated carbocycles. The number of alkyl halides is 1. The maximum absolute atomic E-state index is 5.62. The Balaban J connectivity index is 2.19. The predicted molar refractivity (Wildman–Crippen MR) is 59.0 cm³/mol. The zero-order valence-electron chi connectivity index (χ0n) is 9.67. The Labute approximate surface area is 95.2 Å². The summed E-state index contributed by atoms with van der Waals surface area (Å²) in [6, 6.07) is 0. The van der Waals surface area contributed by atoms with E-state index in [9.17, 15) is 0 Å². The quantitative estimate of drug-likeness (QED) is 0.747. The zero-order chi connectivity index (χ0) is 11.3. The molecule has 4 heteroatoms. The van der Waals surface area contributed by atoms with Crippen molar-refractivity contribution in [2.45, 2.75) is 40.0 Å². The van der Waals surface area contributed by atoms with Crippen LogP contribution in [-0.2, 0) is 6.42 Å². The van der Waals surface area contributed by atoms with Gasteiger partial charge in [-0.25, -0.2) is 0 Å². The summed E-state index contributed by atoms with van der Waals surface area (Å²) in [6.07, 6.45) is 0.655. The van der Waals surface area contributed by atoms with E-state index in [1.54, 1.807) is 0 Å². The molecule has 1 fully saturated rings. The molecule has 0 saturated heterocycles. The van der Waals surface area contributed by atoms with Gasteiger partial charge in [0.2, 0.25) is 11.8 Å². The number of hydrogen-bond donors (Lipinski definition) is 0. The molecule has 3 nitrogen and oxygen atoms in total. The van der Waals surface area contributed by atoms with Gasteiger partial charge in [-0.15, -0.1) is 21.8 Å². The molecule has 0 radical (unpaired) electrons. The van der Waals surface area contributed by atoms with Gasteiger partial charge in [-0.2, -0.15) is 0 Å². The highest BCUT2D eigenvalue weighted by molar-refractivity contribution is 6.17. The molecule has 0 N–H and O–H groups in total. The van der Waals surface area contributed by atoms with E-state index in [0.717, 1.165) is 5.89 Å². The Morgan fingerprint density at radius 2 is 1.80 bits per heavy atom. The highest BCUT2D eigenvalue weighted by Crippen LogP contribution is 2.73. The lowest BCUT2D eigenvalue weighted by Gasteiger charge is -2.03. The molecule has 0 aromatic carbocycles. The fraction of sp³-hybridized carbons (Fsp3) is 0.818. The van der Waals surface area contributed by atoms with Crippen LogP contribution in [-0.4, -0.2) is 16.1 Å². The van der Waals surface area contributed by atoms with Gasteiger partial charge in [0.15, 0.2) is 0 Å². The van der Waals surface area contributed by atoms with E-state index in [-0.39, 0.29) is 10.8 Å².